The van der Waals surface area contributed by atoms with E-state index in [1.165, 1.54) is 5.56 Å². The van der Waals surface area contributed by atoms with Crippen molar-refractivity contribution in [1.82, 2.24) is 15.5 Å². The molecule has 1 aromatic heterocycles. The molecule has 0 aliphatic heterocycles. The lowest BCUT2D eigenvalue weighted by atomic mass is 10.1. The maximum Gasteiger partial charge on any atom is 0.272 e. The van der Waals surface area contributed by atoms with Crippen LogP contribution in [0.15, 0.2) is 36.4 Å². The second-order valence-corrected chi connectivity index (χ2v) is 5.12. The predicted molar refractivity (Wildman–Crippen MR) is 87.9 cm³/mol. The molecule has 22 heavy (non-hydrogen) atoms. The van der Waals surface area contributed by atoms with Crippen molar-refractivity contribution in [2.24, 2.45) is 0 Å². The van der Waals surface area contributed by atoms with Gasteiger partial charge in [-0.15, -0.1) is 10.2 Å². The molecular weight excluding hydrogens is 276 g/mol. The molecule has 0 radical (unpaired) electrons. The summed E-state index contributed by atoms with van der Waals surface area (Å²) in [5.74, 6) is 0.583. The van der Waals surface area contributed by atoms with Crippen LogP contribution in [-0.2, 0) is 6.54 Å². The molecule has 1 aromatic carbocycles. The van der Waals surface area contributed by atoms with Gasteiger partial charge in [-0.1, -0.05) is 29.8 Å². The van der Waals surface area contributed by atoms with E-state index in [4.69, 9.17) is 0 Å². The van der Waals surface area contributed by atoms with Crippen LogP contribution >= 0.6 is 0 Å². The first-order chi connectivity index (χ1) is 10.6. The summed E-state index contributed by atoms with van der Waals surface area (Å²) in [5, 5.41) is 11.0. The predicted octanol–water partition coefficient (Wildman–Crippen LogP) is 2.56. The highest BCUT2D eigenvalue weighted by molar-refractivity contribution is 5.92. The molecule has 0 aliphatic carbocycles. The van der Waals surface area contributed by atoms with Crippen LogP contribution in [0.1, 0.15) is 35.5 Å². The topological polar surface area (TPSA) is 58.1 Å². The maximum atomic E-state index is 12.1. The summed E-state index contributed by atoms with van der Waals surface area (Å²) in [6.07, 6.45) is 0. The minimum absolute atomic E-state index is 0.209. The average molecular weight is 298 g/mol. The molecule has 1 N–H and O–H groups in total. The number of benzene rings is 1. The van der Waals surface area contributed by atoms with E-state index in [2.05, 4.69) is 34.3 Å². The minimum atomic E-state index is -0.209. The van der Waals surface area contributed by atoms with Crippen LogP contribution in [0.2, 0.25) is 0 Å². The van der Waals surface area contributed by atoms with Crippen LogP contribution in [0.3, 0.4) is 0 Å². The van der Waals surface area contributed by atoms with Crippen LogP contribution in [0.25, 0.3) is 0 Å². The zero-order valence-electron chi connectivity index (χ0n) is 13.3. The van der Waals surface area contributed by atoms with Crippen molar-refractivity contribution in [2.45, 2.75) is 27.3 Å². The smallest absolute Gasteiger partial charge is 0.272 e. The van der Waals surface area contributed by atoms with Crippen molar-refractivity contribution in [3.63, 3.8) is 0 Å². The van der Waals surface area contributed by atoms with Crippen molar-refractivity contribution < 1.29 is 4.79 Å². The van der Waals surface area contributed by atoms with Crippen molar-refractivity contribution in [3.8, 4) is 0 Å². The minimum Gasteiger partial charge on any atom is -0.356 e. The van der Waals surface area contributed by atoms with E-state index in [1.807, 2.05) is 37.3 Å². The summed E-state index contributed by atoms with van der Waals surface area (Å²) in [7, 11) is 0. The Labute approximate surface area is 131 Å². The van der Waals surface area contributed by atoms with Gasteiger partial charge in [0.1, 0.15) is 0 Å². The number of hydrogen-bond donors (Lipinski definition) is 1. The van der Waals surface area contributed by atoms with Crippen LogP contribution in [0.5, 0.6) is 0 Å². The van der Waals surface area contributed by atoms with Gasteiger partial charge in [-0.3, -0.25) is 4.79 Å². The number of nitrogens with zero attached hydrogens (tertiary/aromatic N) is 3. The molecule has 0 fully saturated rings. The molecule has 0 aliphatic rings. The Kier molecular flexibility index (Phi) is 5.47. The van der Waals surface area contributed by atoms with Crippen LogP contribution in [0, 0.1) is 6.92 Å². The second-order valence-electron chi connectivity index (χ2n) is 5.12. The molecule has 116 valence electrons. The van der Waals surface area contributed by atoms with Crippen molar-refractivity contribution in [2.75, 3.05) is 18.0 Å². The molecule has 0 spiro atoms. The number of amides is 1. The Morgan fingerprint density at radius 1 is 1.05 bits per heavy atom. The van der Waals surface area contributed by atoms with E-state index in [0.29, 0.717) is 12.2 Å². The summed E-state index contributed by atoms with van der Waals surface area (Å²) in [6, 6.07) is 11.6. The molecule has 2 rings (SSSR count). The quantitative estimate of drug-likeness (QED) is 0.890. The zero-order chi connectivity index (χ0) is 15.9. The van der Waals surface area contributed by atoms with E-state index in [1.54, 1.807) is 6.07 Å². The lowest BCUT2D eigenvalue weighted by Crippen LogP contribution is -2.26. The number of carbonyl (C=O) groups is 1. The van der Waals surface area contributed by atoms with Gasteiger partial charge in [0.2, 0.25) is 0 Å². The molecule has 0 saturated carbocycles. The Morgan fingerprint density at radius 3 is 2.27 bits per heavy atom. The lowest BCUT2D eigenvalue weighted by Gasteiger charge is -2.18. The molecule has 1 amide bonds. The Morgan fingerprint density at radius 2 is 1.73 bits per heavy atom. The lowest BCUT2D eigenvalue weighted by molar-refractivity contribution is 0.0945. The fraction of sp³-hybridized carbons (Fsp3) is 0.353. The third-order valence-electron chi connectivity index (χ3n) is 3.54. The van der Waals surface area contributed by atoms with Gasteiger partial charge in [-0.2, -0.15) is 0 Å². The Bertz CT molecular complexity index is 604. The summed E-state index contributed by atoms with van der Waals surface area (Å²) < 4.78 is 0. The number of aryl methyl sites for hydroxylation is 1. The molecule has 0 saturated heterocycles. The maximum absolute atomic E-state index is 12.1. The SMILES string of the molecule is CCN(CC)c1ccc(C(=O)NCc2ccc(C)cc2)nn1. The van der Waals surface area contributed by atoms with Crippen molar-refractivity contribution >= 4 is 11.7 Å². The second kappa shape index (κ2) is 7.54. The molecule has 2 aromatic rings. The highest BCUT2D eigenvalue weighted by Gasteiger charge is 2.10. The molecule has 0 bridgehead atoms. The molecule has 1 heterocycles. The standard InChI is InChI=1S/C17H22N4O/c1-4-21(5-2)16-11-10-15(19-20-16)17(22)18-12-14-8-6-13(3)7-9-14/h6-11H,4-5,12H2,1-3H3,(H,18,22). The van der Waals surface area contributed by atoms with Gasteiger partial charge in [0, 0.05) is 19.6 Å². The molecule has 0 unspecified atom stereocenters. The highest BCUT2D eigenvalue weighted by Crippen LogP contribution is 2.09. The van der Waals surface area contributed by atoms with Gasteiger partial charge in [-0.25, -0.2) is 0 Å². The van der Waals surface area contributed by atoms with E-state index in [0.717, 1.165) is 24.5 Å². The fourth-order valence-corrected chi connectivity index (χ4v) is 2.14. The van der Waals surface area contributed by atoms with Gasteiger partial charge >= 0.3 is 0 Å². The van der Waals surface area contributed by atoms with E-state index in [9.17, 15) is 4.79 Å². The number of hydrogen-bond acceptors (Lipinski definition) is 4. The van der Waals surface area contributed by atoms with Crippen molar-refractivity contribution in [1.29, 1.82) is 0 Å². The number of nitrogens with one attached hydrogen (secondary N) is 1. The molecule has 0 atom stereocenters. The van der Waals surface area contributed by atoms with Gasteiger partial charge in [0.15, 0.2) is 11.5 Å². The molecule has 5 nitrogen and oxygen atoms in total. The van der Waals surface area contributed by atoms with E-state index >= 15 is 0 Å². The number of aromatic nitrogens is 2. The Hall–Kier alpha value is -2.43. The first kappa shape index (κ1) is 15.9. The fourth-order valence-electron chi connectivity index (χ4n) is 2.14. The van der Waals surface area contributed by atoms with Gasteiger partial charge in [0.25, 0.3) is 5.91 Å². The normalized spacial score (nSPS) is 10.3. The van der Waals surface area contributed by atoms with E-state index in [-0.39, 0.29) is 5.91 Å². The zero-order valence-corrected chi connectivity index (χ0v) is 13.3. The van der Waals surface area contributed by atoms with Crippen LogP contribution in [-0.4, -0.2) is 29.2 Å². The van der Waals surface area contributed by atoms with Crippen molar-refractivity contribution in [3.05, 3.63) is 53.2 Å². The Balaban J connectivity index is 1.96. The number of anilines is 1. The van der Waals surface area contributed by atoms with Gasteiger partial charge < -0.3 is 10.2 Å². The third-order valence-corrected chi connectivity index (χ3v) is 3.54. The number of rotatable bonds is 6. The monoisotopic (exact) mass is 298 g/mol. The number of carbonyl (C=O) groups excluding carboxylic acids is 1. The molecule has 5 heteroatoms. The van der Waals surface area contributed by atoms with Gasteiger partial charge in [0.05, 0.1) is 0 Å². The summed E-state index contributed by atoms with van der Waals surface area (Å²) in [6.45, 7) is 8.38. The third kappa shape index (κ3) is 4.04. The van der Waals surface area contributed by atoms with Crippen LogP contribution < -0.4 is 10.2 Å². The van der Waals surface area contributed by atoms with Gasteiger partial charge in [-0.05, 0) is 38.5 Å². The first-order valence-corrected chi connectivity index (χ1v) is 7.56. The summed E-state index contributed by atoms with van der Waals surface area (Å²) in [5.41, 5.74) is 2.60. The summed E-state index contributed by atoms with van der Waals surface area (Å²) in [4.78, 5) is 14.2. The highest BCUT2D eigenvalue weighted by atomic mass is 16.1. The largest absolute Gasteiger partial charge is 0.356 e. The average Bonchev–Trinajstić information content (AvgIpc) is 2.56. The molecular formula is C17H22N4O. The van der Waals surface area contributed by atoms with E-state index < -0.39 is 0 Å². The first-order valence-electron chi connectivity index (χ1n) is 7.56. The van der Waals surface area contributed by atoms with Crippen LogP contribution in [0.4, 0.5) is 5.82 Å². The summed E-state index contributed by atoms with van der Waals surface area (Å²) >= 11 is 0.